The molecule has 1 aromatic rings. The third kappa shape index (κ3) is 3.04. The molecule has 1 aliphatic rings. The number of piperidine rings is 1. The molecule has 1 N–H and O–H groups in total. The Morgan fingerprint density at radius 3 is 2.76 bits per heavy atom. The highest BCUT2D eigenvalue weighted by Gasteiger charge is 2.40. The fraction of sp³-hybridized carbons (Fsp3) is 0.462. The molecule has 0 saturated carbocycles. The summed E-state index contributed by atoms with van der Waals surface area (Å²) in [5, 5.41) is 9.25. The number of halogens is 2. The van der Waals surface area contributed by atoms with Crippen LogP contribution in [-0.2, 0) is 14.8 Å². The number of carboxylic acid groups (broad SMARTS) is 1. The summed E-state index contributed by atoms with van der Waals surface area (Å²) in [6.45, 7) is 1.69. The molecule has 21 heavy (non-hydrogen) atoms. The van der Waals surface area contributed by atoms with E-state index < -0.39 is 38.7 Å². The minimum atomic E-state index is -4.12. The Hall–Kier alpha value is -1.18. The normalized spacial score (nSPS) is 24.0. The van der Waals surface area contributed by atoms with E-state index in [1.54, 1.807) is 0 Å². The average Bonchev–Trinajstić information content (AvgIpc) is 2.41. The molecule has 8 heteroatoms. The first kappa shape index (κ1) is 16.2. The van der Waals surface area contributed by atoms with Gasteiger partial charge in [0.1, 0.15) is 10.7 Å². The van der Waals surface area contributed by atoms with Crippen molar-refractivity contribution in [3.05, 3.63) is 29.0 Å². The summed E-state index contributed by atoms with van der Waals surface area (Å²) in [7, 11) is -4.12. The summed E-state index contributed by atoms with van der Waals surface area (Å²) in [6, 6.07) is 2.55. The Morgan fingerprint density at radius 1 is 1.48 bits per heavy atom. The molecule has 5 nitrogen and oxygen atoms in total. The van der Waals surface area contributed by atoms with Crippen molar-refractivity contribution < 1.29 is 22.7 Å². The Bertz CT molecular complexity index is 664. The molecule has 116 valence electrons. The largest absolute Gasteiger partial charge is 0.481 e. The van der Waals surface area contributed by atoms with E-state index in [0.717, 1.165) is 16.4 Å². The molecule has 2 atom stereocenters. The van der Waals surface area contributed by atoms with Gasteiger partial charge in [-0.2, -0.15) is 4.31 Å². The van der Waals surface area contributed by atoms with Gasteiger partial charge in [-0.05, 0) is 38.0 Å². The molecular formula is C13H15ClFNO4S. The number of nitrogens with zero attached hydrogens (tertiary/aromatic N) is 1. The van der Waals surface area contributed by atoms with Crippen LogP contribution in [0.2, 0.25) is 5.02 Å². The minimum Gasteiger partial charge on any atom is -0.481 e. The topological polar surface area (TPSA) is 74.7 Å². The smallest absolute Gasteiger partial charge is 0.308 e. The molecule has 2 rings (SSSR count). The molecule has 0 radical (unpaired) electrons. The van der Waals surface area contributed by atoms with Crippen LogP contribution >= 0.6 is 11.6 Å². The number of hydrogen-bond acceptors (Lipinski definition) is 3. The van der Waals surface area contributed by atoms with Crippen molar-refractivity contribution in [1.29, 1.82) is 0 Å². The maximum Gasteiger partial charge on any atom is 0.308 e. The molecule has 1 heterocycles. The SMILES string of the molecule is C[C@@H]1[C@H](C(=O)O)CCCN1S(=O)(=O)c1cc(Cl)ccc1F. The van der Waals surface area contributed by atoms with E-state index in [1.165, 1.54) is 13.0 Å². The van der Waals surface area contributed by atoms with E-state index in [0.29, 0.717) is 12.8 Å². The van der Waals surface area contributed by atoms with Gasteiger partial charge < -0.3 is 5.11 Å². The first-order chi connectivity index (χ1) is 9.75. The van der Waals surface area contributed by atoms with Gasteiger partial charge in [0.25, 0.3) is 0 Å². The zero-order chi connectivity index (χ0) is 15.8. The van der Waals surface area contributed by atoms with Crippen molar-refractivity contribution >= 4 is 27.6 Å². The van der Waals surface area contributed by atoms with Crippen molar-refractivity contribution in [2.24, 2.45) is 5.92 Å². The predicted octanol–water partition coefficient (Wildman–Crippen LogP) is 2.35. The number of hydrogen-bond donors (Lipinski definition) is 1. The van der Waals surface area contributed by atoms with Gasteiger partial charge in [0.15, 0.2) is 0 Å². The van der Waals surface area contributed by atoms with Crippen LogP contribution in [0.25, 0.3) is 0 Å². The Balaban J connectivity index is 2.43. The van der Waals surface area contributed by atoms with Crippen molar-refractivity contribution in [2.75, 3.05) is 6.54 Å². The molecule has 0 aliphatic carbocycles. The summed E-state index contributed by atoms with van der Waals surface area (Å²) in [5.74, 6) is -2.74. The van der Waals surface area contributed by atoms with Gasteiger partial charge in [0.05, 0.1) is 5.92 Å². The molecular weight excluding hydrogens is 321 g/mol. The predicted molar refractivity (Wildman–Crippen MR) is 75.1 cm³/mol. The fourth-order valence-electron chi connectivity index (χ4n) is 2.58. The second-order valence-corrected chi connectivity index (χ2v) is 7.31. The molecule has 1 saturated heterocycles. The third-order valence-electron chi connectivity index (χ3n) is 3.73. The monoisotopic (exact) mass is 335 g/mol. The number of carboxylic acids is 1. The fourth-order valence-corrected chi connectivity index (χ4v) is 4.62. The molecule has 0 spiro atoms. The summed E-state index contributed by atoms with van der Waals surface area (Å²) in [5.41, 5.74) is 0. The summed E-state index contributed by atoms with van der Waals surface area (Å²) in [6.07, 6.45) is 0.823. The number of aliphatic carboxylic acids is 1. The maximum absolute atomic E-state index is 13.8. The summed E-state index contributed by atoms with van der Waals surface area (Å²) in [4.78, 5) is 10.7. The van der Waals surface area contributed by atoms with Gasteiger partial charge in [0.2, 0.25) is 10.0 Å². The Kier molecular flexibility index (Phi) is 4.55. The quantitative estimate of drug-likeness (QED) is 0.920. The number of rotatable bonds is 3. The molecule has 0 amide bonds. The third-order valence-corrected chi connectivity index (χ3v) is 5.96. The van der Waals surface area contributed by atoms with Crippen molar-refractivity contribution in [3.63, 3.8) is 0 Å². The lowest BCUT2D eigenvalue weighted by Crippen LogP contribution is -2.49. The molecule has 1 fully saturated rings. The lowest BCUT2D eigenvalue weighted by atomic mass is 9.92. The second-order valence-electron chi connectivity index (χ2n) is 5.02. The zero-order valence-electron chi connectivity index (χ0n) is 11.3. The summed E-state index contributed by atoms with van der Waals surface area (Å²) < 4.78 is 40.0. The highest BCUT2D eigenvalue weighted by Crippen LogP contribution is 2.31. The number of carbonyl (C=O) groups is 1. The number of sulfonamides is 1. The van der Waals surface area contributed by atoms with Crippen LogP contribution in [0, 0.1) is 11.7 Å². The molecule has 0 bridgehead atoms. The van der Waals surface area contributed by atoms with E-state index in [-0.39, 0.29) is 11.6 Å². The standard InChI is InChI=1S/C13H15ClFNO4S/c1-8-10(13(17)18)3-2-6-16(8)21(19,20)12-7-9(14)4-5-11(12)15/h4-5,7-8,10H,2-3,6H2,1H3,(H,17,18)/t8-,10-/m1/s1. The Labute approximate surface area is 127 Å². The van der Waals surface area contributed by atoms with Gasteiger partial charge in [-0.3, -0.25) is 4.79 Å². The van der Waals surface area contributed by atoms with Crippen LogP contribution in [0.4, 0.5) is 4.39 Å². The highest BCUT2D eigenvalue weighted by atomic mass is 35.5. The van der Waals surface area contributed by atoms with Gasteiger partial charge in [-0.1, -0.05) is 11.6 Å². The van der Waals surface area contributed by atoms with Crippen LogP contribution in [0.1, 0.15) is 19.8 Å². The van der Waals surface area contributed by atoms with E-state index in [4.69, 9.17) is 16.7 Å². The van der Waals surface area contributed by atoms with Crippen LogP contribution < -0.4 is 0 Å². The molecule has 0 aromatic heterocycles. The second kappa shape index (κ2) is 5.90. The van der Waals surface area contributed by atoms with Crippen LogP contribution in [0.5, 0.6) is 0 Å². The zero-order valence-corrected chi connectivity index (χ0v) is 12.9. The summed E-state index contributed by atoms with van der Waals surface area (Å²) >= 11 is 5.73. The molecule has 1 aliphatic heterocycles. The van der Waals surface area contributed by atoms with Gasteiger partial charge in [-0.15, -0.1) is 0 Å². The number of benzene rings is 1. The van der Waals surface area contributed by atoms with Gasteiger partial charge in [0, 0.05) is 17.6 Å². The van der Waals surface area contributed by atoms with Gasteiger partial charge in [-0.25, -0.2) is 12.8 Å². The Morgan fingerprint density at radius 2 is 2.14 bits per heavy atom. The van der Waals surface area contributed by atoms with Crippen LogP contribution in [-0.4, -0.2) is 36.4 Å². The van der Waals surface area contributed by atoms with Crippen LogP contribution in [0.15, 0.2) is 23.1 Å². The lowest BCUT2D eigenvalue weighted by Gasteiger charge is -2.36. The molecule has 1 aromatic carbocycles. The first-order valence-electron chi connectivity index (χ1n) is 6.45. The maximum atomic E-state index is 13.8. The van der Waals surface area contributed by atoms with Crippen molar-refractivity contribution in [2.45, 2.75) is 30.7 Å². The van der Waals surface area contributed by atoms with Crippen LogP contribution in [0.3, 0.4) is 0 Å². The first-order valence-corrected chi connectivity index (χ1v) is 8.26. The van der Waals surface area contributed by atoms with E-state index in [9.17, 15) is 17.6 Å². The lowest BCUT2D eigenvalue weighted by molar-refractivity contribution is -0.144. The average molecular weight is 336 g/mol. The highest BCUT2D eigenvalue weighted by molar-refractivity contribution is 7.89. The van der Waals surface area contributed by atoms with Crippen molar-refractivity contribution in [1.82, 2.24) is 4.31 Å². The minimum absolute atomic E-state index is 0.106. The van der Waals surface area contributed by atoms with Crippen molar-refractivity contribution in [3.8, 4) is 0 Å². The van der Waals surface area contributed by atoms with E-state index >= 15 is 0 Å². The van der Waals surface area contributed by atoms with E-state index in [2.05, 4.69) is 0 Å². The molecule has 0 unspecified atom stereocenters. The van der Waals surface area contributed by atoms with Gasteiger partial charge >= 0.3 is 5.97 Å². The van der Waals surface area contributed by atoms with E-state index in [1.807, 2.05) is 0 Å².